The highest BCUT2D eigenvalue weighted by Gasteiger charge is 2.35. The van der Waals surface area contributed by atoms with E-state index in [2.05, 4.69) is 5.32 Å². The van der Waals surface area contributed by atoms with Crippen molar-refractivity contribution >= 4 is 17.6 Å². The standard InChI is InChI=1S/C19H27N3O5/c1-5-21(11-17(23)24)14-9-13(10-14)20-18(25)12-6-7-15(19(2,3)4)16(8-12)22(26)27/h6-8,13-14H,5,9-11H2,1-4H3,(H,20,25)(H,23,24). The molecule has 2 N–H and O–H groups in total. The summed E-state index contributed by atoms with van der Waals surface area (Å²) in [6, 6.07) is 4.67. The smallest absolute Gasteiger partial charge is 0.317 e. The molecule has 1 fully saturated rings. The van der Waals surface area contributed by atoms with Crippen molar-refractivity contribution in [2.75, 3.05) is 13.1 Å². The number of amides is 1. The lowest BCUT2D eigenvalue weighted by molar-refractivity contribution is -0.386. The van der Waals surface area contributed by atoms with Crippen molar-refractivity contribution < 1.29 is 19.6 Å². The van der Waals surface area contributed by atoms with Crippen LogP contribution < -0.4 is 5.32 Å². The Morgan fingerprint density at radius 2 is 1.96 bits per heavy atom. The van der Waals surface area contributed by atoms with Gasteiger partial charge in [-0.2, -0.15) is 0 Å². The van der Waals surface area contributed by atoms with Crippen molar-refractivity contribution in [3.05, 3.63) is 39.4 Å². The number of aliphatic carboxylic acids is 1. The van der Waals surface area contributed by atoms with E-state index in [1.54, 1.807) is 12.1 Å². The van der Waals surface area contributed by atoms with Gasteiger partial charge in [0.25, 0.3) is 11.6 Å². The van der Waals surface area contributed by atoms with E-state index in [0.717, 1.165) is 0 Å². The van der Waals surface area contributed by atoms with Crippen LogP contribution in [0.2, 0.25) is 0 Å². The summed E-state index contributed by atoms with van der Waals surface area (Å²) in [4.78, 5) is 36.1. The molecular formula is C19H27N3O5. The first-order valence-corrected chi connectivity index (χ1v) is 9.08. The van der Waals surface area contributed by atoms with Crippen molar-refractivity contribution in [2.45, 2.75) is 58.0 Å². The molecule has 0 heterocycles. The molecular weight excluding hydrogens is 350 g/mol. The SMILES string of the molecule is CCN(CC(=O)O)C1CC(NC(=O)c2ccc(C(C)(C)C)c([N+](=O)[O-])c2)C1. The molecule has 148 valence electrons. The van der Waals surface area contributed by atoms with Crippen LogP contribution in [0.1, 0.15) is 56.5 Å². The van der Waals surface area contributed by atoms with Gasteiger partial charge in [0.1, 0.15) is 0 Å². The van der Waals surface area contributed by atoms with Gasteiger partial charge in [-0.1, -0.05) is 33.8 Å². The van der Waals surface area contributed by atoms with E-state index in [1.165, 1.54) is 6.07 Å². The maximum absolute atomic E-state index is 12.5. The van der Waals surface area contributed by atoms with Gasteiger partial charge in [-0.25, -0.2) is 0 Å². The van der Waals surface area contributed by atoms with Gasteiger partial charge in [-0.05, 0) is 30.9 Å². The molecule has 1 aliphatic rings. The molecule has 0 saturated heterocycles. The number of rotatable bonds is 7. The minimum absolute atomic E-state index is 0.0116. The number of nitro benzene ring substituents is 1. The Kier molecular flexibility index (Phi) is 6.20. The lowest BCUT2D eigenvalue weighted by Gasteiger charge is -2.42. The summed E-state index contributed by atoms with van der Waals surface area (Å²) >= 11 is 0. The fourth-order valence-corrected chi connectivity index (χ4v) is 3.40. The molecule has 1 aromatic carbocycles. The molecule has 0 spiro atoms. The second-order valence-electron chi connectivity index (χ2n) is 7.99. The number of hydrogen-bond donors (Lipinski definition) is 2. The molecule has 8 nitrogen and oxygen atoms in total. The molecule has 0 unspecified atom stereocenters. The first-order valence-electron chi connectivity index (χ1n) is 9.08. The molecule has 0 atom stereocenters. The number of carboxylic acid groups (broad SMARTS) is 1. The monoisotopic (exact) mass is 377 g/mol. The van der Waals surface area contributed by atoms with Gasteiger partial charge in [0.05, 0.1) is 11.5 Å². The maximum Gasteiger partial charge on any atom is 0.317 e. The lowest BCUT2D eigenvalue weighted by atomic mass is 9.84. The average Bonchev–Trinajstić information content (AvgIpc) is 2.54. The van der Waals surface area contributed by atoms with E-state index in [1.807, 2.05) is 32.6 Å². The third-order valence-corrected chi connectivity index (χ3v) is 4.97. The second-order valence-corrected chi connectivity index (χ2v) is 7.99. The van der Waals surface area contributed by atoms with Crippen molar-refractivity contribution in [2.24, 2.45) is 0 Å². The molecule has 0 aromatic heterocycles. The summed E-state index contributed by atoms with van der Waals surface area (Å²) in [6.45, 7) is 8.20. The molecule has 2 rings (SSSR count). The molecule has 1 saturated carbocycles. The first-order chi connectivity index (χ1) is 12.5. The van der Waals surface area contributed by atoms with Gasteiger partial charge < -0.3 is 10.4 Å². The van der Waals surface area contributed by atoms with Crippen molar-refractivity contribution in [1.29, 1.82) is 0 Å². The van der Waals surface area contributed by atoms with E-state index in [0.29, 0.717) is 24.9 Å². The topological polar surface area (TPSA) is 113 Å². The average molecular weight is 377 g/mol. The molecule has 1 amide bonds. The third-order valence-electron chi connectivity index (χ3n) is 4.97. The Bertz CT molecular complexity index is 735. The van der Waals surface area contributed by atoms with Crippen LogP contribution in [-0.4, -0.2) is 52.0 Å². The van der Waals surface area contributed by atoms with Crippen molar-refractivity contribution in [3.8, 4) is 0 Å². The van der Waals surface area contributed by atoms with Crippen LogP contribution in [0.25, 0.3) is 0 Å². The van der Waals surface area contributed by atoms with Gasteiger partial charge in [-0.3, -0.25) is 24.6 Å². The zero-order chi connectivity index (χ0) is 20.4. The van der Waals surface area contributed by atoms with Crippen molar-refractivity contribution in [3.63, 3.8) is 0 Å². The fraction of sp³-hybridized carbons (Fsp3) is 0.579. The summed E-state index contributed by atoms with van der Waals surface area (Å²) < 4.78 is 0. The minimum Gasteiger partial charge on any atom is -0.480 e. The largest absolute Gasteiger partial charge is 0.480 e. The summed E-state index contributed by atoms with van der Waals surface area (Å²) in [5.41, 5.74) is 0.392. The Labute approximate surface area is 158 Å². The Balaban J connectivity index is 2.02. The van der Waals surface area contributed by atoms with E-state index >= 15 is 0 Å². The number of hydrogen-bond acceptors (Lipinski definition) is 5. The Morgan fingerprint density at radius 1 is 1.33 bits per heavy atom. The Morgan fingerprint density at radius 3 is 2.44 bits per heavy atom. The predicted molar refractivity (Wildman–Crippen MR) is 101 cm³/mol. The highest BCUT2D eigenvalue weighted by atomic mass is 16.6. The van der Waals surface area contributed by atoms with Gasteiger partial charge in [0.2, 0.25) is 0 Å². The van der Waals surface area contributed by atoms with Crippen LogP contribution in [0.3, 0.4) is 0 Å². The van der Waals surface area contributed by atoms with E-state index < -0.39 is 16.3 Å². The predicted octanol–water partition coefficient (Wildman–Crippen LogP) is 2.56. The molecule has 0 radical (unpaired) electrons. The molecule has 1 aliphatic carbocycles. The summed E-state index contributed by atoms with van der Waals surface area (Å²) in [6.07, 6.45) is 1.35. The van der Waals surface area contributed by atoms with Gasteiger partial charge in [0.15, 0.2) is 0 Å². The maximum atomic E-state index is 12.5. The minimum atomic E-state index is -0.865. The van der Waals surface area contributed by atoms with Crippen molar-refractivity contribution in [1.82, 2.24) is 10.2 Å². The highest BCUT2D eigenvalue weighted by molar-refractivity contribution is 5.95. The van der Waals surface area contributed by atoms with Crippen LogP contribution in [0.4, 0.5) is 5.69 Å². The van der Waals surface area contributed by atoms with Crippen LogP contribution >= 0.6 is 0 Å². The number of nitrogens with one attached hydrogen (secondary N) is 1. The summed E-state index contributed by atoms with van der Waals surface area (Å²) in [7, 11) is 0. The fourth-order valence-electron chi connectivity index (χ4n) is 3.40. The number of nitrogens with zero attached hydrogens (tertiary/aromatic N) is 2. The normalized spacial score (nSPS) is 19.4. The quantitative estimate of drug-likeness (QED) is 0.558. The molecule has 1 aromatic rings. The molecule has 0 aliphatic heterocycles. The van der Waals surface area contributed by atoms with E-state index in [4.69, 9.17) is 5.11 Å². The van der Waals surface area contributed by atoms with Crippen LogP contribution in [0.5, 0.6) is 0 Å². The summed E-state index contributed by atoms with van der Waals surface area (Å²) in [5.74, 6) is -1.21. The highest BCUT2D eigenvalue weighted by Crippen LogP contribution is 2.32. The van der Waals surface area contributed by atoms with Crippen LogP contribution in [0, 0.1) is 10.1 Å². The third kappa shape index (κ3) is 5.03. The first kappa shape index (κ1) is 20.8. The van der Waals surface area contributed by atoms with E-state index in [9.17, 15) is 19.7 Å². The number of carboxylic acids is 1. The van der Waals surface area contributed by atoms with Crippen LogP contribution in [0.15, 0.2) is 18.2 Å². The number of nitro groups is 1. The van der Waals surface area contributed by atoms with E-state index in [-0.39, 0.29) is 35.8 Å². The number of likely N-dealkylation sites (N-methyl/N-ethyl adjacent to an activating group) is 1. The number of carbonyl (C=O) groups excluding carboxylic acids is 1. The zero-order valence-corrected chi connectivity index (χ0v) is 16.2. The van der Waals surface area contributed by atoms with Crippen LogP contribution in [-0.2, 0) is 10.2 Å². The van der Waals surface area contributed by atoms with Gasteiger partial charge >= 0.3 is 5.97 Å². The summed E-state index contributed by atoms with van der Waals surface area (Å²) in [5, 5.41) is 23.2. The molecule has 0 bridgehead atoms. The number of benzene rings is 1. The Hall–Kier alpha value is -2.48. The molecule has 8 heteroatoms. The molecule has 27 heavy (non-hydrogen) atoms. The zero-order valence-electron chi connectivity index (χ0n) is 16.2. The second kappa shape index (κ2) is 8.04. The van der Waals surface area contributed by atoms with Gasteiger partial charge in [-0.15, -0.1) is 0 Å². The lowest BCUT2D eigenvalue weighted by Crippen LogP contribution is -2.54. The number of carbonyl (C=O) groups is 2. The van der Waals surface area contributed by atoms with Gasteiger partial charge in [0, 0.05) is 29.3 Å².